The third-order valence-corrected chi connectivity index (χ3v) is 4.56. The molecular formula is C20H21N3O4. The summed E-state index contributed by atoms with van der Waals surface area (Å²) in [6.07, 6.45) is 0.919. The topological polar surface area (TPSA) is 98.7 Å². The molecule has 1 fully saturated rings. The number of urea groups is 1. The van der Waals surface area contributed by atoms with Gasteiger partial charge in [-0.05, 0) is 49.2 Å². The van der Waals surface area contributed by atoms with Crippen LogP contribution in [0.4, 0.5) is 16.2 Å². The van der Waals surface area contributed by atoms with Gasteiger partial charge in [-0.2, -0.15) is 0 Å². The van der Waals surface area contributed by atoms with Crippen molar-refractivity contribution in [2.75, 3.05) is 23.7 Å². The molecule has 0 aromatic heterocycles. The molecule has 0 saturated carbocycles. The van der Waals surface area contributed by atoms with E-state index in [1.807, 2.05) is 18.2 Å². The first-order valence-electron chi connectivity index (χ1n) is 8.78. The molecule has 3 rings (SSSR count). The fourth-order valence-electron chi connectivity index (χ4n) is 2.96. The van der Waals surface area contributed by atoms with Crippen LogP contribution in [0.1, 0.15) is 23.2 Å². The van der Waals surface area contributed by atoms with Gasteiger partial charge in [-0.1, -0.05) is 18.2 Å². The fraction of sp³-hybridized carbons (Fsp3) is 0.250. The van der Waals surface area contributed by atoms with Crippen molar-refractivity contribution in [1.82, 2.24) is 4.90 Å². The molecule has 0 radical (unpaired) electrons. The highest BCUT2D eigenvalue weighted by Gasteiger charge is 2.26. The van der Waals surface area contributed by atoms with E-state index in [0.29, 0.717) is 42.9 Å². The number of anilines is 2. The molecule has 0 spiro atoms. The number of hydrogen-bond donors (Lipinski definition) is 3. The second-order valence-corrected chi connectivity index (χ2v) is 6.43. The molecule has 7 nitrogen and oxygen atoms in total. The molecule has 0 atom stereocenters. The molecule has 27 heavy (non-hydrogen) atoms. The fourth-order valence-corrected chi connectivity index (χ4v) is 2.96. The lowest BCUT2D eigenvalue weighted by Crippen LogP contribution is -2.42. The summed E-state index contributed by atoms with van der Waals surface area (Å²) in [5.74, 6) is -1.41. The number of aliphatic carboxylic acids is 1. The number of nitrogens with zero attached hydrogens (tertiary/aromatic N) is 1. The van der Waals surface area contributed by atoms with Crippen molar-refractivity contribution >= 4 is 29.3 Å². The number of hydrogen-bond acceptors (Lipinski definition) is 3. The largest absolute Gasteiger partial charge is 0.481 e. The van der Waals surface area contributed by atoms with E-state index >= 15 is 0 Å². The second kappa shape index (κ2) is 8.35. The smallest absolute Gasteiger partial charge is 0.321 e. The van der Waals surface area contributed by atoms with Crippen LogP contribution in [0.2, 0.25) is 0 Å². The molecule has 0 aliphatic carbocycles. The molecule has 0 unspecified atom stereocenters. The third kappa shape index (κ3) is 4.84. The maximum Gasteiger partial charge on any atom is 0.321 e. The van der Waals surface area contributed by atoms with Gasteiger partial charge in [0.15, 0.2) is 0 Å². The number of amides is 3. The SMILES string of the molecule is O=C(Nc1ccccc1)c1ccc(NC(=O)N2CCC(C(=O)O)CC2)cc1. The van der Waals surface area contributed by atoms with Crippen LogP contribution in [0.25, 0.3) is 0 Å². The van der Waals surface area contributed by atoms with Gasteiger partial charge in [-0.3, -0.25) is 9.59 Å². The Balaban J connectivity index is 1.54. The van der Waals surface area contributed by atoms with Crippen LogP contribution in [0.3, 0.4) is 0 Å². The first-order chi connectivity index (χ1) is 13.0. The number of carbonyl (C=O) groups is 3. The highest BCUT2D eigenvalue weighted by molar-refractivity contribution is 6.04. The van der Waals surface area contributed by atoms with Gasteiger partial charge >= 0.3 is 12.0 Å². The number of carboxylic acid groups (broad SMARTS) is 1. The zero-order valence-corrected chi connectivity index (χ0v) is 14.7. The van der Waals surface area contributed by atoms with Crippen molar-refractivity contribution in [2.24, 2.45) is 5.92 Å². The first-order valence-corrected chi connectivity index (χ1v) is 8.78. The molecule has 3 N–H and O–H groups in total. The van der Waals surface area contributed by atoms with Gasteiger partial charge in [0.2, 0.25) is 0 Å². The van der Waals surface area contributed by atoms with Crippen LogP contribution in [0.5, 0.6) is 0 Å². The Hall–Kier alpha value is -3.35. The lowest BCUT2D eigenvalue weighted by atomic mass is 9.97. The summed E-state index contributed by atoms with van der Waals surface area (Å²) in [5.41, 5.74) is 1.78. The van der Waals surface area contributed by atoms with E-state index in [0.717, 1.165) is 0 Å². The number of carboxylic acids is 1. The number of para-hydroxylation sites is 1. The van der Waals surface area contributed by atoms with Gasteiger partial charge in [0.05, 0.1) is 5.92 Å². The number of rotatable bonds is 4. The normalized spacial score (nSPS) is 14.4. The number of carbonyl (C=O) groups excluding carboxylic acids is 2. The molecule has 0 bridgehead atoms. The van der Waals surface area contributed by atoms with E-state index in [4.69, 9.17) is 5.11 Å². The quantitative estimate of drug-likeness (QED) is 0.772. The Bertz CT molecular complexity index is 813. The summed E-state index contributed by atoms with van der Waals surface area (Å²) in [5, 5.41) is 14.6. The summed E-state index contributed by atoms with van der Waals surface area (Å²) >= 11 is 0. The number of benzene rings is 2. The lowest BCUT2D eigenvalue weighted by Gasteiger charge is -2.30. The standard InChI is InChI=1S/C20H21N3O4/c24-18(21-16-4-2-1-3-5-16)14-6-8-17(9-7-14)22-20(27)23-12-10-15(11-13-23)19(25)26/h1-9,15H,10-13H2,(H,21,24)(H,22,27)(H,25,26). The van der Waals surface area contributed by atoms with Crippen LogP contribution in [0, 0.1) is 5.92 Å². The van der Waals surface area contributed by atoms with Crippen molar-refractivity contribution in [1.29, 1.82) is 0 Å². The Morgan fingerprint density at radius 1 is 0.852 bits per heavy atom. The molecule has 1 aliphatic rings. The molecule has 7 heteroatoms. The molecule has 3 amide bonds. The summed E-state index contributed by atoms with van der Waals surface area (Å²) < 4.78 is 0. The molecule has 2 aromatic carbocycles. The predicted molar refractivity (Wildman–Crippen MR) is 102 cm³/mol. The van der Waals surface area contributed by atoms with Crippen LogP contribution in [-0.2, 0) is 4.79 Å². The van der Waals surface area contributed by atoms with Crippen LogP contribution in [0.15, 0.2) is 54.6 Å². The average molecular weight is 367 g/mol. The van der Waals surface area contributed by atoms with Crippen molar-refractivity contribution in [3.8, 4) is 0 Å². The van der Waals surface area contributed by atoms with Crippen molar-refractivity contribution in [3.63, 3.8) is 0 Å². The van der Waals surface area contributed by atoms with Gasteiger partial charge in [-0.25, -0.2) is 4.79 Å². The zero-order chi connectivity index (χ0) is 19.2. The Morgan fingerprint density at radius 2 is 1.44 bits per heavy atom. The van der Waals surface area contributed by atoms with Crippen LogP contribution in [-0.4, -0.2) is 41.0 Å². The number of piperidine rings is 1. The highest BCUT2D eigenvalue weighted by atomic mass is 16.4. The highest BCUT2D eigenvalue weighted by Crippen LogP contribution is 2.19. The van der Waals surface area contributed by atoms with E-state index in [9.17, 15) is 14.4 Å². The van der Waals surface area contributed by atoms with Crippen molar-refractivity contribution in [2.45, 2.75) is 12.8 Å². The van der Waals surface area contributed by atoms with Gasteiger partial charge in [0, 0.05) is 30.0 Å². The molecule has 1 heterocycles. The number of likely N-dealkylation sites (tertiary alicyclic amines) is 1. The monoisotopic (exact) mass is 367 g/mol. The van der Waals surface area contributed by atoms with Crippen molar-refractivity contribution in [3.05, 3.63) is 60.2 Å². The van der Waals surface area contributed by atoms with Crippen LogP contribution < -0.4 is 10.6 Å². The minimum Gasteiger partial charge on any atom is -0.481 e. The van der Waals surface area contributed by atoms with Crippen LogP contribution >= 0.6 is 0 Å². The molecule has 1 saturated heterocycles. The third-order valence-electron chi connectivity index (χ3n) is 4.56. The summed E-state index contributed by atoms with van der Waals surface area (Å²) in [6, 6.07) is 15.5. The van der Waals surface area contributed by atoms with Gasteiger partial charge in [-0.15, -0.1) is 0 Å². The average Bonchev–Trinajstić information content (AvgIpc) is 2.69. The lowest BCUT2D eigenvalue weighted by molar-refractivity contribution is -0.143. The molecular weight excluding hydrogens is 346 g/mol. The van der Waals surface area contributed by atoms with E-state index in [2.05, 4.69) is 10.6 Å². The van der Waals surface area contributed by atoms with Gasteiger partial charge < -0.3 is 20.6 Å². The van der Waals surface area contributed by atoms with Gasteiger partial charge in [0.1, 0.15) is 0 Å². The number of nitrogens with one attached hydrogen (secondary N) is 2. The van der Waals surface area contributed by atoms with Gasteiger partial charge in [0.25, 0.3) is 5.91 Å². The summed E-state index contributed by atoms with van der Waals surface area (Å²) in [4.78, 5) is 37.1. The van der Waals surface area contributed by atoms with E-state index in [1.165, 1.54) is 0 Å². The zero-order valence-electron chi connectivity index (χ0n) is 14.7. The maximum absolute atomic E-state index is 12.3. The Morgan fingerprint density at radius 3 is 2.04 bits per heavy atom. The van der Waals surface area contributed by atoms with E-state index < -0.39 is 5.97 Å². The minimum atomic E-state index is -0.806. The Labute approximate surface area is 157 Å². The van der Waals surface area contributed by atoms with Crippen molar-refractivity contribution < 1.29 is 19.5 Å². The second-order valence-electron chi connectivity index (χ2n) is 6.43. The van der Waals surface area contributed by atoms with E-state index in [1.54, 1.807) is 41.3 Å². The maximum atomic E-state index is 12.3. The summed E-state index contributed by atoms with van der Waals surface area (Å²) in [6.45, 7) is 0.834. The molecule has 2 aromatic rings. The predicted octanol–water partition coefficient (Wildman–Crippen LogP) is 3.27. The molecule has 140 valence electrons. The van der Waals surface area contributed by atoms with E-state index in [-0.39, 0.29) is 17.9 Å². The minimum absolute atomic E-state index is 0.227. The first kappa shape index (κ1) is 18.4. The summed E-state index contributed by atoms with van der Waals surface area (Å²) in [7, 11) is 0. The Kier molecular flexibility index (Phi) is 5.71. The molecule has 1 aliphatic heterocycles.